The van der Waals surface area contributed by atoms with Crippen molar-refractivity contribution < 1.29 is 9.59 Å². The summed E-state index contributed by atoms with van der Waals surface area (Å²) in [5.41, 5.74) is 3.73. The van der Waals surface area contributed by atoms with Crippen LogP contribution in [0.1, 0.15) is 21.5 Å². The molecule has 1 fully saturated rings. The molecule has 2 aromatic carbocycles. The normalized spacial score (nSPS) is 15.5. The third-order valence-electron chi connectivity index (χ3n) is 4.81. The Bertz CT molecular complexity index is 1130. The number of aromatic nitrogens is 1. The molecule has 0 radical (unpaired) electrons. The van der Waals surface area contributed by atoms with Crippen molar-refractivity contribution in [1.82, 2.24) is 15.2 Å². The molecule has 0 spiro atoms. The topological polar surface area (TPSA) is 65.2 Å². The lowest BCUT2D eigenvalue weighted by Gasteiger charge is -2.06. The largest absolute Gasteiger partial charge is 0.361 e. The first-order valence-electron chi connectivity index (χ1n) is 9.18. The fourth-order valence-electron chi connectivity index (χ4n) is 3.18. The molecule has 1 aliphatic rings. The molecule has 1 aromatic heterocycles. The zero-order valence-corrected chi connectivity index (χ0v) is 17.4. The predicted octanol–water partition coefficient (Wildman–Crippen LogP) is 3.97. The number of nitrogens with zero attached hydrogens (tertiary/aromatic N) is 1. The predicted molar refractivity (Wildman–Crippen MR) is 122 cm³/mol. The van der Waals surface area contributed by atoms with Gasteiger partial charge in [0.15, 0.2) is 0 Å². The fraction of sp³-hybridized carbons (Fsp3) is 0.136. The number of aromatic amines is 1. The smallest absolute Gasteiger partial charge is 0.265 e. The van der Waals surface area contributed by atoms with Crippen LogP contribution in [0.25, 0.3) is 17.0 Å². The summed E-state index contributed by atoms with van der Waals surface area (Å²) in [6.07, 6.45) is 4.54. The zero-order chi connectivity index (χ0) is 20.4. The van der Waals surface area contributed by atoms with Gasteiger partial charge in [0.2, 0.25) is 0 Å². The third kappa shape index (κ3) is 4.11. The number of nitrogens with one attached hydrogen (secondary N) is 2. The van der Waals surface area contributed by atoms with Crippen molar-refractivity contribution in [1.29, 1.82) is 0 Å². The van der Waals surface area contributed by atoms with Gasteiger partial charge in [-0.25, -0.2) is 0 Å². The van der Waals surface area contributed by atoms with Crippen LogP contribution in [0.2, 0.25) is 0 Å². The monoisotopic (exact) mass is 421 g/mol. The minimum absolute atomic E-state index is 0.0981. The standard InChI is InChI=1S/C22H19N3O2S2/c1-25-21(27)19(29-22(25)28)12-14-6-8-15(9-7-14)20(26)23-11-10-16-13-24-18-5-3-2-4-17(16)18/h2-9,12-13,24H,10-11H2,1H3,(H,23,26). The number of rotatable bonds is 5. The van der Waals surface area contributed by atoms with Gasteiger partial charge >= 0.3 is 0 Å². The molecule has 2 N–H and O–H groups in total. The molecule has 4 rings (SSSR count). The van der Waals surface area contributed by atoms with Crippen molar-refractivity contribution in [2.24, 2.45) is 0 Å². The van der Waals surface area contributed by atoms with Crippen LogP contribution in [0.4, 0.5) is 0 Å². The second-order valence-corrected chi connectivity index (χ2v) is 8.40. The van der Waals surface area contributed by atoms with Gasteiger partial charge in [-0.3, -0.25) is 14.5 Å². The molecular formula is C22H19N3O2S2. The Morgan fingerprint density at radius 1 is 1.21 bits per heavy atom. The number of hydrogen-bond donors (Lipinski definition) is 2. The van der Waals surface area contributed by atoms with Crippen molar-refractivity contribution in [2.45, 2.75) is 6.42 Å². The summed E-state index contributed by atoms with van der Waals surface area (Å²) >= 11 is 6.42. The van der Waals surface area contributed by atoms with Gasteiger partial charge in [-0.2, -0.15) is 0 Å². The molecule has 7 heteroatoms. The fourth-order valence-corrected chi connectivity index (χ4v) is 4.36. The SMILES string of the molecule is CN1C(=O)C(=Cc2ccc(C(=O)NCCc3c[nH]c4ccccc34)cc2)SC1=S. The number of para-hydroxylation sites is 1. The highest BCUT2D eigenvalue weighted by Gasteiger charge is 2.28. The highest BCUT2D eigenvalue weighted by atomic mass is 32.2. The van der Waals surface area contributed by atoms with Crippen LogP contribution < -0.4 is 5.32 Å². The van der Waals surface area contributed by atoms with Crippen LogP contribution in [0.15, 0.2) is 59.6 Å². The van der Waals surface area contributed by atoms with Gasteiger partial charge in [0.1, 0.15) is 4.32 Å². The van der Waals surface area contributed by atoms with E-state index in [1.54, 1.807) is 25.3 Å². The molecule has 146 valence electrons. The molecular weight excluding hydrogens is 402 g/mol. The molecule has 1 aliphatic heterocycles. The van der Waals surface area contributed by atoms with E-state index in [1.807, 2.05) is 36.5 Å². The van der Waals surface area contributed by atoms with Crippen molar-refractivity contribution in [3.63, 3.8) is 0 Å². The van der Waals surface area contributed by atoms with Gasteiger partial charge in [-0.15, -0.1) is 0 Å². The number of carbonyl (C=O) groups excluding carboxylic acids is 2. The Hall–Kier alpha value is -2.90. The number of thioether (sulfide) groups is 1. The summed E-state index contributed by atoms with van der Waals surface area (Å²) in [6.45, 7) is 0.557. The number of H-pyrrole nitrogens is 1. The summed E-state index contributed by atoms with van der Waals surface area (Å²) in [5.74, 6) is -0.213. The number of likely N-dealkylation sites (N-methyl/N-ethyl adjacent to an activating group) is 1. The van der Waals surface area contributed by atoms with Gasteiger partial charge < -0.3 is 10.3 Å². The van der Waals surface area contributed by atoms with Gasteiger partial charge in [0, 0.05) is 36.3 Å². The Morgan fingerprint density at radius 3 is 2.69 bits per heavy atom. The minimum atomic E-state index is -0.115. The van der Waals surface area contributed by atoms with E-state index < -0.39 is 0 Å². The molecule has 5 nitrogen and oxygen atoms in total. The molecule has 3 aromatic rings. The summed E-state index contributed by atoms with van der Waals surface area (Å²) in [4.78, 5) is 29.8. The molecule has 0 aliphatic carbocycles. The van der Waals surface area contributed by atoms with E-state index in [2.05, 4.69) is 16.4 Å². The number of amides is 2. The Balaban J connectivity index is 1.36. The molecule has 0 saturated carbocycles. The Labute approximate surface area is 178 Å². The second kappa shape index (κ2) is 8.23. The maximum Gasteiger partial charge on any atom is 0.265 e. The maximum absolute atomic E-state index is 12.4. The van der Waals surface area contributed by atoms with Crippen molar-refractivity contribution in [2.75, 3.05) is 13.6 Å². The van der Waals surface area contributed by atoms with E-state index >= 15 is 0 Å². The van der Waals surface area contributed by atoms with Gasteiger partial charge in [-0.05, 0) is 41.8 Å². The van der Waals surface area contributed by atoms with E-state index in [-0.39, 0.29) is 11.8 Å². The third-order valence-corrected chi connectivity index (χ3v) is 6.30. The molecule has 2 amide bonds. The Kier molecular flexibility index (Phi) is 5.51. The molecule has 1 saturated heterocycles. The number of hydrogen-bond acceptors (Lipinski definition) is 4. The number of carbonyl (C=O) groups is 2. The lowest BCUT2D eigenvalue weighted by molar-refractivity contribution is -0.121. The first-order chi connectivity index (χ1) is 14.0. The van der Waals surface area contributed by atoms with E-state index in [4.69, 9.17) is 12.2 Å². The van der Waals surface area contributed by atoms with Crippen molar-refractivity contribution >= 4 is 57.1 Å². The van der Waals surface area contributed by atoms with Crippen LogP contribution >= 0.6 is 24.0 Å². The Morgan fingerprint density at radius 2 is 1.97 bits per heavy atom. The quantitative estimate of drug-likeness (QED) is 0.483. The zero-order valence-electron chi connectivity index (χ0n) is 15.8. The average molecular weight is 422 g/mol. The first kappa shape index (κ1) is 19.4. The lowest BCUT2D eigenvalue weighted by atomic mass is 10.1. The molecule has 0 bridgehead atoms. The van der Waals surface area contributed by atoms with E-state index in [0.717, 1.165) is 17.5 Å². The maximum atomic E-state index is 12.4. The lowest BCUT2D eigenvalue weighted by Crippen LogP contribution is -2.25. The van der Waals surface area contributed by atoms with Crippen LogP contribution in [-0.2, 0) is 11.2 Å². The van der Waals surface area contributed by atoms with E-state index in [1.165, 1.54) is 27.6 Å². The van der Waals surface area contributed by atoms with Crippen LogP contribution in [0.5, 0.6) is 0 Å². The van der Waals surface area contributed by atoms with Crippen molar-refractivity contribution in [3.8, 4) is 0 Å². The number of thiocarbonyl (C=S) groups is 1. The van der Waals surface area contributed by atoms with Gasteiger partial charge in [-0.1, -0.05) is 54.3 Å². The summed E-state index contributed by atoms with van der Waals surface area (Å²) in [7, 11) is 1.67. The van der Waals surface area contributed by atoms with Gasteiger partial charge in [0.25, 0.3) is 11.8 Å². The highest BCUT2D eigenvalue weighted by Crippen LogP contribution is 2.31. The highest BCUT2D eigenvalue weighted by molar-refractivity contribution is 8.26. The average Bonchev–Trinajstić information content (AvgIpc) is 3.25. The van der Waals surface area contributed by atoms with E-state index in [0.29, 0.717) is 21.3 Å². The van der Waals surface area contributed by atoms with Crippen LogP contribution in [-0.4, -0.2) is 39.6 Å². The molecule has 29 heavy (non-hydrogen) atoms. The van der Waals surface area contributed by atoms with Crippen molar-refractivity contribution in [3.05, 3.63) is 76.3 Å². The van der Waals surface area contributed by atoms with E-state index in [9.17, 15) is 9.59 Å². The number of benzene rings is 2. The van der Waals surface area contributed by atoms with Gasteiger partial charge in [0.05, 0.1) is 4.91 Å². The van der Waals surface area contributed by atoms with Crippen LogP contribution in [0, 0.1) is 0 Å². The molecule has 0 atom stereocenters. The molecule has 0 unspecified atom stereocenters. The van der Waals surface area contributed by atoms with Crippen LogP contribution in [0.3, 0.4) is 0 Å². The summed E-state index contributed by atoms with van der Waals surface area (Å²) in [5, 5.41) is 4.15. The molecule has 2 heterocycles. The first-order valence-corrected chi connectivity index (χ1v) is 10.4. The minimum Gasteiger partial charge on any atom is -0.361 e. The second-order valence-electron chi connectivity index (χ2n) is 6.73. The number of fused-ring (bicyclic) bond motifs is 1. The summed E-state index contributed by atoms with van der Waals surface area (Å²) < 4.78 is 0.549. The summed E-state index contributed by atoms with van der Waals surface area (Å²) in [6, 6.07) is 15.3.